The van der Waals surface area contributed by atoms with Gasteiger partial charge < -0.3 is 4.90 Å². The molecular formula is C19H24N2OS. The molecule has 3 heterocycles. The summed E-state index contributed by atoms with van der Waals surface area (Å²) in [4.78, 5) is 20.2. The van der Waals surface area contributed by atoms with Gasteiger partial charge in [0.1, 0.15) is 0 Å². The molecule has 2 aromatic rings. The highest BCUT2D eigenvalue weighted by Gasteiger charge is 2.23. The highest BCUT2D eigenvalue weighted by molar-refractivity contribution is 7.09. The van der Waals surface area contributed by atoms with Crippen molar-refractivity contribution in [1.82, 2.24) is 9.88 Å². The van der Waals surface area contributed by atoms with Crippen molar-refractivity contribution in [3.63, 3.8) is 0 Å². The number of carbonyl (C=O) groups excluding carboxylic acids is 1. The Labute approximate surface area is 142 Å². The summed E-state index contributed by atoms with van der Waals surface area (Å²) in [5.41, 5.74) is 2.34. The van der Waals surface area contributed by atoms with Crippen LogP contribution in [-0.2, 0) is 17.6 Å². The average Bonchev–Trinajstić information content (AvgIpc) is 3.08. The third-order valence-corrected chi connectivity index (χ3v) is 5.47. The normalized spacial score (nSPS) is 18.1. The van der Waals surface area contributed by atoms with Gasteiger partial charge >= 0.3 is 0 Å². The van der Waals surface area contributed by atoms with E-state index >= 15 is 0 Å². The predicted octanol–water partition coefficient (Wildman–Crippen LogP) is 3.87. The second kappa shape index (κ2) is 7.73. The van der Waals surface area contributed by atoms with E-state index in [0.717, 1.165) is 38.0 Å². The molecule has 0 spiro atoms. The lowest BCUT2D eigenvalue weighted by Crippen LogP contribution is -2.40. The first kappa shape index (κ1) is 16.2. The Hall–Kier alpha value is -1.68. The van der Waals surface area contributed by atoms with Crippen LogP contribution in [0.15, 0.2) is 35.8 Å². The van der Waals surface area contributed by atoms with E-state index in [4.69, 9.17) is 0 Å². The number of pyridine rings is 1. The first-order valence-corrected chi connectivity index (χ1v) is 9.30. The van der Waals surface area contributed by atoms with Crippen molar-refractivity contribution in [2.24, 2.45) is 5.92 Å². The maximum atomic E-state index is 12.5. The number of amides is 1. The first-order valence-electron chi connectivity index (χ1n) is 8.42. The van der Waals surface area contributed by atoms with Gasteiger partial charge in [-0.3, -0.25) is 9.78 Å². The summed E-state index contributed by atoms with van der Waals surface area (Å²) < 4.78 is 0. The van der Waals surface area contributed by atoms with Gasteiger partial charge in [-0.05, 0) is 61.6 Å². The molecule has 0 radical (unpaired) electrons. The molecule has 2 aromatic heterocycles. The number of rotatable bonds is 5. The quantitative estimate of drug-likeness (QED) is 0.835. The van der Waals surface area contributed by atoms with Crippen LogP contribution in [0.1, 0.15) is 35.4 Å². The monoisotopic (exact) mass is 328 g/mol. The fourth-order valence-electron chi connectivity index (χ4n) is 3.25. The molecule has 1 aliphatic rings. The number of hydrogen-bond donors (Lipinski definition) is 0. The van der Waals surface area contributed by atoms with Crippen LogP contribution in [0.2, 0.25) is 0 Å². The van der Waals surface area contributed by atoms with Crippen molar-refractivity contribution in [1.29, 1.82) is 0 Å². The molecule has 0 aromatic carbocycles. The van der Waals surface area contributed by atoms with Crippen molar-refractivity contribution >= 4 is 17.2 Å². The second-order valence-electron chi connectivity index (χ2n) is 6.44. The van der Waals surface area contributed by atoms with E-state index in [2.05, 4.69) is 39.5 Å². The summed E-state index contributed by atoms with van der Waals surface area (Å²) in [6.45, 7) is 3.83. The van der Waals surface area contributed by atoms with E-state index in [1.165, 1.54) is 16.9 Å². The first-order chi connectivity index (χ1) is 11.2. The number of piperidine rings is 1. The Kier molecular flexibility index (Phi) is 5.44. The summed E-state index contributed by atoms with van der Waals surface area (Å²) in [7, 11) is 0. The lowest BCUT2D eigenvalue weighted by atomic mass is 9.91. The number of hydrogen-bond acceptors (Lipinski definition) is 3. The molecule has 4 heteroatoms. The molecule has 1 saturated heterocycles. The molecule has 0 N–H and O–H groups in total. The van der Waals surface area contributed by atoms with Crippen molar-refractivity contribution < 1.29 is 4.79 Å². The minimum absolute atomic E-state index is 0.310. The van der Waals surface area contributed by atoms with E-state index in [-0.39, 0.29) is 0 Å². The van der Waals surface area contributed by atoms with Crippen molar-refractivity contribution in [3.05, 3.63) is 52.0 Å². The molecular weight excluding hydrogens is 304 g/mol. The Balaban J connectivity index is 1.51. The third-order valence-electron chi connectivity index (χ3n) is 4.53. The minimum atomic E-state index is 0.310. The van der Waals surface area contributed by atoms with Crippen LogP contribution in [0, 0.1) is 12.8 Å². The number of aromatic nitrogens is 1. The fraction of sp³-hybridized carbons (Fsp3) is 0.474. The molecule has 1 fully saturated rings. The summed E-state index contributed by atoms with van der Waals surface area (Å²) in [5.74, 6) is 0.879. The van der Waals surface area contributed by atoms with Crippen LogP contribution in [0.4, 0.5) is 0 Å². The highest BCUT2D eigenvalue weighted by Crippen LogP contribution is 2.22. The Morgan fingerprint density at radius 3 is 3.04 bits per heavy atom. The molecule has 3 nitrogen and oxygen atoms in total. The molecule has 0 aliphatic carbocycles. The third kappa shape index (κ3) is 4.64. The van der Waals surface area contributed by atoms with Crippen LogP contribution >= 0.6 is 11.3 Å². The molecule has 0 unspecified atom stereocenters. The van der Waals surface area contributed by atoms with E-state index < -0.39 is 0 Å². The van der Waals surface area contributed by atoms with Gasteiger partial charge in [0.2, 0.25) is 5.91 Å². The van der Waals surface area contributed by atoms with Gasteiger partial charge in [0.15, 0.2) is 0 Å². The summed E-state index contributed by atoms with van der Waals surface area (Å²) >= 11 is 1.74. The van der Waals surface area contributed by atoms with Gasteiger partial charge in [0.05, 0.1) is 0 Å². The standard InChI is InChI=1S/C19H24N2OS/c1-15-6-7-16(13-20-15)12-17-4-2-10-21(14-17)19(22)9-8-18-5-3-11-23-18/h3,5-7,11,13,17H,2,4,8-10,12,14H2,1H3/t17-/m0/s1. The van der Waals surface area contributed by atoms with E-state index in [9.17, 15) is 4.79 Å². The molecule has 0 bridgehead atoms. The van der Waals surface area contributed by atoms with Gasteiger partial charge in [0, 0.05) is 36.3 Å². The lowest BCUT2D eigenvalue weighted by Gasteiger charge is -2.33. The van der Waals surface area contributed by atoms with Gasteiger partial charge in [-0.25, -0.2) is 0 Å². The molecule has 1 aliphatic heterocycles. The summed E-state index contributed by atoms with van der Waals surface area (Å²) in [5, 5.41) is 2.08. The topological polar surface area (TPSA) is 33.2 Å². The number of thiophene rings is 1. The van der Waals surface area contributed by atoms with Gasteiger partial charge in [0.25, 0.3) is 0 Å². The average molecular weight is 328 g/mol. The summed E-state index contributed by atoms with van der Waals surface area (Å²) in [6.07, 6.45) is 6.85. The van der Waals surface area contributed by atoms with E-state index in [1.54, 1.807) is 11.3 Å². The van der Waals surface area contributed by atoms with E-state index in [0.29, 0.717) is 18.2 Å². The predicted molar refractivity (Wildman–Crippen MR) is 94.6 cm³/mol. The van der Waals surface area contributed by atoms with Crippen LogP contribution < -0.4 is 0 Å². The smallest absolute Gasteiger partial charge is 0.222 e. The number of aryl methyl sites for hydroxylation is 2. The van der Waals surface area contributed by atoms with Gasteiger partial charge in [-0.15, -0.1) is 11.3 Å². The maximum Gasteiger partial charge on any atom is 0.222 e. The zero-order chi connectivity index (χ0) is 16.1. The number of nitrogens with zero attached hydrogens (tertiary/aromatic N) is 2. The molecule has 0 saturated carbocycles. The van der Waals surface area contributed by atoms with Crippen molar-refractivity contribution in [2.45, 2.75) is 39.0 Å². The Bertz CT molecular complexity index is 621. The van der Waals surface area contributed by atoms with Crippen LogP contribution in [-0.4, -0.2) is 28.9 Å². The van der Waals surface area contributed by atoms with E-state index in [1.807, 2.05) is 13.1 Å². The van der Waals surface area contributed by atoms with Crippen LogP contribution in [0.25, 0.3) is 0 Å². The number of likely N-dealkylation sites (tertiary alicyclic amines) is 1. The largest absolute Gasteiger partial charge is 0.342 e. The fourth-order valence-corrected chi connectivity index (χ4v) is 3.96. The summed E-state index contributed by atoms with van der Waals surface area (Å²) in [6, 6.07) is 8.40. The zero-order valence-electron chi connectivity index (χ0n) is 13.7. The SMILES string of the molecule is Cc1ccc(C[C@@H]2CCCN(C(=O)CCc3cccs3)C2)cn1. The van der Waals surface area contributed by atoms with Crippen LogP contribution in [0.5, 0.6) is 0 Å². The second-order valence-corrected chi connectivity index (χ2v) is 7.47. The lowest BCUT2D eigenvalue weighted by molar-refractivity contribution is -0.132. The van der Waals surface area contributed by atoms with Crippen molar-refractivity contribution in [2.75, 3.05) is 13.1 Å². The van der Waals surface area contributed by atoms with Gasteiger partial charge in [-0.1, -0.05) is 12.1 Å². The molecule has 23 heavy (non-hydrogen) atoms. The maximum absolute atomic E-state index is 12.5. The minimum Gasteiger partial charge on any atom is -0.342 e. The van der Waals surface area contributed by atoms with Gasteiger partial charge in [-0.2, -0.15) is 0 Å². The number of carbonyl (C=O) groups is 1. The molecule has 1 amide bonds. The molecule has 1 atom stereocenters. The highest BCUT2D eigenvalue weighted by atomic mass is 32.1. The molecule has 122 valence electrons. The zero-order valence-corrected chi connectivity index (χ0v) is 14.5. The Morgan fingerprint density at radius 2 is 2.30 bits per heavy atom. The van der Waals surface area contributed by atoms with Crippen molar-refractivity contribution in [3.8, 4) is 0 Å². The molecule has 3 rings (SSSR count). The Morgan fingerprint density at radius 1 is 1.39 bits per heavy atom. The van der Waals surface area contributed by atoms with Crippen LogP contribution in [0.3, 0.4) is 0 Å².